The summed E-state index contributed by atoms with van der Waals surface area (Å²) in [5.41, 5.74) is -3.85. The number of Topliss-reactive ketones (excluding diaryl/α,β-unsaturated/α-hetero) is 6. The molecule has 8 heteroatoms. The molecule has 2 N–H and O–H groups in total. The Balaban J connectivity index is 1.80. The van der Waals surface area contributed by atoms with Crippen molar-refractivity contribution in [2.45, 2.75) is 72.8 Å². The summed E-state index contributed by atoms with van der Waals surface area (Å²) in [7, 11) is 0. The smallest absolute Gasteiger partial charge is 0.190 e. The number of phenolic OH excluding ortho intramolecular Hbond substituents is 1. The van der Waals surface area contributed by atoms with E-state index < -0.39 is 80.9 Å². The van der Waals surface area contributed by atoms with Crippen LogP contribution in [0.3, 0.4) is 0 Å². The molecule has 3 aliphatic carbocycles. The predicted molar refractivity (Wildman–Crippen MR) is 161 cm³/mol. The van der Waals surface area contributed by atoms with Crippen LogP contribution < -0.4 is 0 Å². The van der Waals surface area contributed by atoms with Crippen molar-refractivity contribution >= 4 is 34.7 Å². The van der Waals surface area contributed by atoms with Gasteiger partial charge in [-0.2, -0.15) is 0 Å². The van der Waals surface area contributed by atoms with Crippen LogP contribution in [0.5, 0.6) is 5.75 Å². The first-order valence-corrected chi connectivity index (χ1v) is 15.2. The highest BCUT2D eigenvalue weighted by atomic mass is 16.3. The molecule has 3 aliphatic rings. The fraction of sp³-hybridized carbons (Fsp3) is 0.500. The van der Waals surface area contributed by atoms with Crippen molar-refractivity contribution in [1.29, 1.82) is 0 Å². The van der Waals surface area contributed by atoms with Crippen LogP contribution in [0.4, 0.5) is 0 Å². The molecule has 2 aromatic carbocycles. The lowest BCUT2D eigenvalue weighted by Crippen LogP contribution is -2.80. The van der Waals surface area contributed by atoms with Crippen LogP contribution in [0, 0.1) is 47.3 Å². The van der Waals surface area contributed by atoms with Gasteiger partial charge < -0.3 is 10.2 Å². The highest BCUT2D eigenvalue weighted by Crippen LogP contribution is 2.70. The van der Waals surface area contributed by atoms with Crippen molar-refractivity contribution in [3.63, 3.8) is 0 Å². The van der Waals surface area contributed by atoms with Crippen LogP contribution in [0.1, 0.15) is 80.9 Å². The van der Waals surface area contributed by atoms with Crippen LogP contribution in [-0.4, -0.2) is 50.5 Å². The number of fused-ring (bicyclic) bond motifs is 3. The van der Waals surface area contributed by atoms with Crippen LogP contribution in [0.25, 0.3) is 0 Å². The van der Waals surface area contributed by atoms with Gasteiger partial charge in [-0.05, 0) is 54.2 Å². The Morgan fingerprint density at radius 1 is 0.955 bits per heavy atom. The topological polar surface area (TPSA) is 143 Å². The fourth-order valence-electron chi connectivity index (χ4n) is 9.19. The van der Waals surface area contributed by atoms with E-state index in [0.717, 1.165) is 18.1 Å². The number of ketones is 6. The number of phenols is 1. The molecule has 0 bridgehead atoms. The van der Waals surface area contributed by atoms with E-state index in [0.29, 0.717) is 5.56 Å². The highest BCUT2D eigenvalue weighted by molar-refractivity contribution is 6.32. The normalized spacial score (nSPS) is 34.8. The minimum Gasteiger partial charge on any atom is -0.507 e. The predicted octanol–water partition coefficient (Wildman–Crippen LogP) is 4.39. The van der Waals surface area contributed by atoms with Gasteiger partial charge in [-0.15, -0.1) is 0 Å². The lowest BCUT2D eigenvalue weighted by Gasteiger charge is -2.67. The van der Waals surface area contributed by atoms with Crippen molar-refractivity contribution in [3.8, 4) is 5.75 Å². The average molecular weight is 601 g/mol. The maximum absolute atomic E-state index is 14.7. The zero-order valence-corrected chi connectivity index (χ0v) is 26.3. The molecule has 0 amide bonds. The highest BCUT2D eigenvalue weighted by Gasteiger charge is 2.80. The van der Waals surface area contributed by atoms with Gasteiger partial charge in [0.25, 0.3) is 0 Å². The van der Waals surface area contributed by atoms with Gasteiger partial charge in [0.05, 0.1) is 11.5 Å². The van der Waals surface area contributed by atoms with Gasteiger partial charge >= 0.3 is 0 Å². The van der Waals surface area contributed by atoms with E-state index in [1.165, 1.54) is 13.0 Å². The molecule has 0 saturated heterocycles. The van der Waals surface area contributed by atoms with E-state index in [9.17, 15) is 39.0 Å². The zero-order chi connectivity index (χ0) is 32.7. The first-order chi connectivity index (χ1) is 20.4. The number of aryl methyl sites for hydroxylation is 1. The summed E-state index contributed by atoms with van der Waals surface area (Å²) in [4.78, 5) is 84.0. The number of carbonyl (C=O) groups excluding carboxylic acids is 6. The number of aromatic hydroxyl groups is 1. The van der Waals surface area contributed by atoms with Crippen molar-refractivity contribution in [3.05, 3.63) is 64.7 Å². The van der Waals surface area contributed by atoms with Crippen molar-refractivity contribution in [2.75, 3.05) is 0 Å². The molecule has 3 unspecified atom stereocenters. The van der Waals surface area contributed by atoms with Gasteiger partial charge in [0.2, 0.25) is 0 Å². The second kappa shape index (κ2) is 10.4. The molecular weight excluding hydrogens is 560 g/mol. The monoisotopic (exact) mass is 600 g/mol. The largest absolute Gasteiger partial charge is 0.507 e. The number of benzene rings is 2. The maximum Gasteiger partial charge on any atom is 0.190 e. The number of aliphatic hydroxyl groups is 1. The van der Waals surface area contributed by atoms with E-state index >= 15 is 0 Å². The van der Waals surface area contributed by atoms with Gasteiger partial charge in [-0.1, -0.05) is 76.6 Å². The lowest BCUT2D eigenvalue weighted by atomic mass is 9.34. The standard InChI is InChI=1S/C36H40O8/c1-17(2)28-30(40)26(20(5)37)32(42)36(44)33(43)29-31(41)27-23(9-8-10-24(27)39)19(4)34(29,6)25(35(28,36)7)16-22(38)15-21-13-11-18(3)12-14-21/h8-14,17,19,25-26,28-29,39,44H,15-16H2,1-7H3/t19-,25-,26?,28?,29?,34-,35-,36+/m1/s1. The van der Waals surface area contributed by atoms with Gasteiger partial charge in [0.1, 0.15) is 23.2 Å². The summed E-state index contributed by atoms with van der Waals surface area (Å²) in [6.07, 6.45) is -0.197. The minimum absolute atomic E-state index is 0.0317. The van der Waals surface area contributed by atoms with E-state index in [1.807, 2.05) is 38.1 Å². The summed E-state index contributed by atoms with van der Waals surface area (Å²) < 4.78 is 0. The molecule has 0 spiro atoms. The molecule has 8 atom stereocenters. The third-order valence-electron chi connectivity index (χ3n) is 11.4. The zero-order valence-electron chi connectivity index (χ0n) is 26.3. The lowest BCUT2D eigenvalue weighted by molar-refractivity contribution is -0.225. The number of hydrogen-bond acceptors (Lipinski definition) is 8. The molecule has 5 rings (SSSR count). The van der Waals surface area contributed by atoms with Crippen molar-refractivity contribution in [2.24, 2.45) is 40.4 Å². The second-order valence-electron chi connectivity index (χ2n) is 14.0. The summed E-state index contributed by atoms with van der Waals surface area (Å²) in [5.74, 6) is -11.9. The fourth-order valence-corrected chi connectivity index (χ4v) is 9.19. The molecule has 2 saturated carbocycles. The van der Waals surface area contributed by atoms with Gasteiger partial charge in [-0.3, -0.25) is 28.8 Å². The number of hydrogen-bond donors (Lipinski definition) is 2. The molecule has 2 fully saturated rings. The third kappa shape index (κ3) is 3.99. The van der Waals surface area contributed by atoms with Crippen LogP contribution in [0.15, 0.2) is 42.5 Å². The first kappa shape index (κ1) is 31.6. The van der Waals surface area contributed by atoms with Crippen molar-refractivity contribution in [1.82, 2.24) is 0 Å². The minimum atomic E-state index is -2.90. The Bertz CT molecular complexity index is 1620. The molecular formula is C36H40O8. The van der Waals surface area contributed by atoms with Gasteiger partial charge in [0.15, 0.2) is 28.7 Å². The maximum atomic E-state index is 14.7. The van der Waals surface area contributed by atoms with E-state index in [-0.39, 0.29) is 29.9 Å². The Kier molecular flexibility index (Phi) is 7.48. The summed E-state index contributed by atoms with van der Waals surface area (Å²) in [6.45, 7) is 11.5. The molecule has 0 radical (unpaired) electrons. The SMILES string of the molecule is CC(=O)C1C(=O)C(C(C)C)[C@@]2(C)[C@H](CC(=O)Cc3ccc(C)cc3)[C@]3(C)C(C(=O)c4c(O)cccc4[C@H]3C)C(=O)[C@@]2(O)C1=O. The summed E-state index contributed by atoms with van der Waals surface area (Å²) in [6, 6.07) is 12.1. The molecule has 232 valence electrons. The van der Waals surface area contributed by atoms with Crippen molar-refractivity contribution < 1.29 is 39.0 Å². The summed E-state index contributed by atoms with van der Waals surface area (Å²) in [5, 5.41) is 23.4. The Morgan fingerprint density at radius 3 is 2.14 bits per heavy atom. The molecule has 44 heavy (non-hydrogen) atoms. The van der Waals surface area contributed by atoms with Gasteiger partial charge in [-0.25, -0.2) is 0 Å². The molecule has 0 aliphatic heterocycles. The molecule has 0 aromatic heterocycles. The quantitative estimate of drug-likeness (QED) is 0.465. The molecule has 2 aromatic rings. The Morgan fingerprint density at radius 2 is 1.57 bits per heavy atom. The van der Waals surface area contributed by atoms with E-state index in [2.05, 4.69) is 0 Å². The van der Waals surface area contributed by atoms with Crippen LogP contribution >= 0.6 is 0 Å². The van der Waals surface area contributed by atoms with Crippen LogP contribution in [0.2, 0.25) is 0 Å². The van der Waals surface area contributed by atoms with E-state index in [1.54, 1.807) is 32.9 Å². The number of rotatable bonds is 6. The Hall–Kier alpha value is -3.78. The third-order valence-corrected chi connectivity index (χ3v) is 11.4. The average Bonchev–Trinajstić information content (AvgIpc) is 2.93. The second-order valence-corrected chi connectivity index (χ2v) is 14.0. The Labute approximate surface area is 257 Å². The molecule has 0 heterocycles. The van der Waals surface area contributed by atoms with Gasteiger partial charge in [0, 0.05) is 24.2 Å². The molecule has 8 nitrogen and oxygen atoms in total. The van der Waals surface area contributed by atoms with Crippen LogP contribution in [-0.2, 0) is 30.4 Å². The van der Waals surface area contributed by atoms with E-state index in [4.69, 9.17) is 0 Å². The number of carbonyl (C=O) groups is 6. The first-order valence-electron chi connectivity index (χ1n) is 15.2. The summed E-state index contributed by atoms with van der Waals surface area (Å²) >= 11 is 0.